The molecule has 0 aliphatic carbocycles. The van der Waals surface area contributed by atoms with Gasteiger partial charge < -0.3 is 10.1 Å². The first-order chi connectivity index (χ1) is 11.3. The van der Waals surface area contributed by atoms with Crippen molar-refractivity contribution in [3.05, 3.63) is 36.2 Å². The molecular formula is C19H27N3O. The number of hydrogen-bond acceptors (Lipinski definition) is 4. The molecule has 23 heavy (non-hydrogen) atoms. The molecule has 0 saturated heterocycles. The molecule has 2 rings (SSSR count). The average molecular weight is 313 g/mol. The summed E-state index contributed by atoms with van der Waals surface area (Å²) in [7, 11) is 1.70. The Morgan fingerprint density at radius 1 is 1.26 bits per heavy atom. The molecule has 2 aromatic rings. The number of methoxy groups -OCH3 is 1. The van der Waals surface area contributed by atoms with E-state index in [1.54, 1.807) is 13.4 Å². The highest BCUT2D eigenvalue weighted by Crippen LogP contribution is 2.23. The number of nitrogens with zero attached hydrogens (tertiary/aromatic N) is 2. The molecule has 0 aliphatic rings. The van der Waals surface area contributed by atoms with Crippen molar-refractivity contribution in [1.29, 1.82) is 0 Å². The lowest BCUT2D eigenvalue weighted by atomic mass is 10.1. The lowest BCUT2D eigenvalue weighted by Gasteiger charge is -2.18. The van der Waals surface area contributed by atoms with Crippen molar-refractivity contribution >= 4 is 22.8 Å². The number of unbranched alkanes of at least 4 members (excludes halogenated alkanes) is 1. The molecule has 1 aromatic heterocycles. The van der Waals surface area contributed by atoms with Gasteiger partial charge in [0, 0.05) is 18.5 Å². The van der Waals surface area contributed by atoms with Gasteiger partial charge in [-0.1, -0.05) is 44.9 Å². The summed E-state index contributed by atoms with van der Waals surface area (Å²) in [6.07, 6.45) is 10.4. The maximum atomic E-state index is 5.06. The molecule has 0 aliphatic heterocycles. The molecule has 124 valence electrons. The zero-order chi connectivity index (χ0) is 16.5. The van der Waals surface area contributed by atoms with Crippen LogP contribution in [-0.2, 0) is 4.74 Å². The van der Waals surface area contributed by atoms with E-state index in [0.717, 1.165) is 28.7 Å². The largest absolute Gasteiger partial charge is 0.381 e. The minimum absolute atomic E-state index is 0.459. The zero-order valence-electron chi connectivity index (χ0n) is 14.4. The van der Waals surface area contributed by atoms with Crippen molar-refractivity contribution in [2.45, 2.75) is 45.6 Å². The monoisotopic (exact) mass is 313 g/mol. The van der Waals surface area contributed by atoms with E-state index in [0.29, 0.717) is 12.6 Å². The highest BCUT2D eigenvalue weighted by Gasteiger charge is 2.10. The third-order valence-corrected chi connectivity index (χ3v) is 3.97. The summed E-state index contributed by atoms with van der Waals surface area (Å²) in [5.41, 5.74) is 2.10. The second kappa shape index (κ2) is 9.26. The predicted octanol–water partition coefficient (Wildman–Crippen LogP) is 4.67. The molecule has 1 atom stereocenters. The fraction of sp³-hybridized carbons (Fsp3) is 0.474. The van der Waals surface area contributed by atoms with Gasteiger partial charge in [0.1, 0.15) is 12.1 Å². The summed E-state index contributed by atoms with van der Waals surface area (Å²) in [5, 5.41) is 4.67. The van der Waals surface area contributed by atoms with E-state index < -0.39 is 0 Å². The number of fused-ring (bicyclic) bond motifs is 1. The number of benzene rings is 1. The van der Waals surface area contributed by atoms with Gasteiger partial charge in [-0.15, -0.1) is 0 Å². The molecule has 4 nitrogen and oxygen atoms in total. The van der Waals surface area contributed by atoms with Gasteiger partial charge in [-0.25, -0.2) is 9.97 Å². The molecular weight excluding hydrogens is 286 g/mol. The highest BCUT2D eigenvalue weighted by molar-refractivity contribution is 5.90. The highest BCUT2D eigenvalue weighted by atomic mass is 16.5. The standard InChI is InChI=1S/C19H27N3O/c1-4-6-9-16(5-2)22-19-17-13-15(8-7-12-23-3)10-11-18(17)20-14-21-19/h7-8,10-11,13-14,16H,4-6,9,12H2,1-3H3,(H,20,21,22)/b8-7+/t16-/m0/s1. The van der Waals surface area contributed by atoms with E-state index in [1.165, 1.54) is 19.3 Å². The molecule has 1 heterocycles. The lowest BCUT2D eigenvalue weighted by molar-refractivity contribution is 0.234. The predicted molar refractivity (Wildman–Crippen MR) is 97.7 cm³/mol. The van der Waals surface area contributed by atoms with E-state index >= 15 is 0 Å². The Hall–Kier alpha value is -1.94. The van der Waals surface area contributed by atoms with Crippen LogP contribution >= 0.6 is 0 Å². The van der Waals surface area contributed by atoms with Crippen molar-refractivity contribution < 1.29 is 4.74 Å². The van der Waals surface area contributed by atoms with Gasteiger partial charge in [-0.2, -0.15) is 0 Å². The summed E-state index contributed by atoms with van der Waals surface area (Å²) < 4.78 is 5.06. The smallest absolute Gasteiger partial charge is 0.137 e. The maximum absolute atomic E-state index is 5.06. The van der Waals surface area contributed by atoms with Gasteiger partial charge in [0.15, 0.2) is 0 Å². The first-order valence-electron chi connectivity index (χ1n) is 8.45. The van der Waals surface area contributed by atoms with E-state index in [2.05, 4.69) is 47.3 Å². The summed E-state index contributed by atoms with van der Waals surface area (Å²) in [5.74, 6) is 0.931. The van der Waals surface area contributed by atoms with Crippen LogP contribution in [0.25, 0.3) is 17.0 Å². The molecule has 0 saturated carbocycles. The van der Waals surface area contributed by atoms with Crippen LogP contribution in [0.15, 0.2) is 30.6 Å². The molecule has 4 heteroatoms. The number of rotatable bonds is 9. The molecule has 0 unspecified atom stereocenters. The quantitative estimate of drug-likeness (QED) is 0.731. The average Bonchev–Trinajstić information content (AvgIpc) is 2.59. The number of anilines is 1. The van der Waals surface area contributed by atoms with Crippen LogP contribution in [0, 0.1) is 0 Å². The second-order valence-electron chi connectivity index (χ2n) is 5.75. The van der Waals surface area contributed by atoms with Crippen LogP contribution in [0.1, 0.15) is 45.1 Å². The van der Waals surface area contributed by atoms with Crippen LogP contribution in [0.3, 0.4) is 0 Å². The topological polar surface area (TPSA) is 47.0 Å². The van der Waals surface area contributed by atoms with Crippen LogP contribution in [-0.4, -0.2) is 29.7 Å². The number of nitrogens with one attached hydrogen (secondary N) is 1. The van der Waals surface area contributed by atoms with E-state index in [-0.39, 0.29) is 0 Å². The van der Waals surface area contributed by atoms with Crippen molar-refractivity contribution in [2.24, 2.45) is 0 Å². The van der Waals surface area contributed by atoms with Crippen LogP contribution in [0.2, 0.25) is 0 Å². The van der Waals surface area contributed by atoms with Crippen molar-refractivity contribution in [1.82, 2.24) is 9.97 Å². The molecule has 1 N–H and O–H groups in total. The lowest BCUT2D eigenvalue weighted by Crippen LogP contribution is -2.19. The summed E-state index contributed by atoms with van der Waals surface area (Å²) in [6.45, 7) is 5.06. The Morgan fingerprint density at radius 3 is 2.87 bits per heavy atom. The Morgan fingerprint density at radius 2 is 2.13 bits per heavy atom. The molecule has 0 radical (unpaired) electrons. The molecule has 0 bridgehead atoms. The third kappa shape index (κ3) is 5.03. The maximum Gasteiger partial charge on any atom is 0.137 e. The normalized spacial score (nSPS) is 12.8. The van der Waals surface area contributed by atoms with Crippen LogP contribution in [0.5, 0.6) is 0 Å². The van der Waals surface area contributed by atoms with Crippen LogP contribution < -0.4 is 5.32 Å². The van der Waals surface area contributed by atoms with E-state index in [1.807, 2.05) is 12.1 Å². The minimum Gasteiger partial charge on any atom is -0.381 e. The molecule has 0 amide bonds. The fourth-order valence-electron chi connectivity index (χ4n) is 2.60. The van der Waals surface area contributed by atoms with Gasteiger partial charge in [0.05, 0.1) is 12.1 Å². The Balaban J connectivity index is 2.25. The molecule has 0 fully saturated rings. The van der Waals surface area contributed by atoms with Gasteiger partial charge in [0.25, 0.3) is 0 Å². The number of hydrogen-bond donors (Lipinski definition) is 1. The summed E-state index contributed by atoms with van der Waals surface area (Å²) in [6, 6.07) is 6.71. The number of aromatic nitrogens is 2. The Labute approximate surface area is 139 Å². The Kier molecular flexibility index (Phi) is 7.01. The zero-order valence-corrected chi connectivity index (χ0v) is 14.4. The molecule has 0 spiro atoms. The fourth-order valence-corrected chi connectivity index (χ4v) is 2.60. The van der Waals surface area contributed by atoms with E-state index in [4.69, 9.17) is 4.74 Å². The minimum atomic E-state index is 0.459. The second-order valence-corrected chi connectivity index (χ2v) is 5.75. The Bertz CT molecular complexity index is 640. The third-order valence-electron chi connectivity index (χ3n) is 3.97. The van der Waals surface area contributed by atoms with E-state index in [9.17, 15) is 0 Å². The van der Waals surface area contributed by atoms with Gasteiger partial charge in [-0.05, 0) is 30.5 Å². The summed E-state index contributed by atoms with van der Waals surface area (Å²) >= 11 is 0. The summed E-state index contributed by atoms with van der Waals surface area (Å²) in [4.78, 5) is 8.84. The first kappa shape index (κ1) is 17.4. The number of ether oxygens (including phenoxy) is 1. The van der Waals surface area contributed by atoms with Gasteiger partial charge in [-0.3, -0.25) is 0 Å². The van der Waals surface area contributed by atoms with Crippen molar-refractivity contribution in [2.75, 3.05) is 19.0 Å². The van der Waals surface area contributed by atoms with Crippen molar-refractivity contribution in [3.8, 4) is 0 Å². The molecule has 1 aromatic carbocycles. The first-order valence-corrected chi connectivity index (χ1v) is 8.45. The SMILES string of the molecule is CCCC[C@H](CC)Nc1ncnc2ccc(/C=C/COC)cc12. The van der Waals surface area contributed by atoms with Gasteiger partial charge >= 0.3 is 0 Å². The van der Waals surface area contributed by atoms with Crippen molar-refractivity contribution in [3.63, 3.8) is 0 Å². The van der Waals surface area contributed by atoms with Crippen LogP contribution in [0.4, 0.5) is 5.82 Å². The van der Waals surface area contributed by atoms with Gasteiger partial charge in [0.2, 0.25) is 0 Å².